The van der Waals surface area contributed by atoms with E-state index in [0.29, 0.717) is 0 Å². The SMILES string of the molecule is CCCCc1ccc(N(c2ccc(CCCC)cc2)c2ccc(N(c3ccc(N(c4ccc(CCCC)cc4)c4ccc(CCCC)cc4)c(C)c3)c3ccc(N(c4ccc(CCCC)cc4)c4ccc(CCCC)cc4)c(C)c3)cc2C)cc1. The molecule has 0 aromatic heterocycles. The average Bonchev–Trinajstić information content (AvgIpc) is 2.06. The second-order valence-corrected chi connectivity index (χ2v) is 23.9. The molecule has 0 atom stereocenters. The van der Waals surface area contributed by atoms with Crippen molar-refractivity contribution in [3.63, 3.8) is 0 Å². The summed E-state index contributed by atoms with van der Waals surface area (Å²) in [5.74, 6) is 0. The Balaban J connectivity index is 1.17. The summed E-state index contributed by atoms with van der Waals surface area (Å²) in [6.07, 6.45) is 20.9. The molecule has 0 heterocycles. The molecule has 0 saturated carbocycles. The van der Waals surface area contributed by atoms with E-state index < -0.39 is 0 Å². The van der Waals surface area contributed by atoms with Crippen molar-refractivity contribution in [2.75, 3.05) is 19.6 Å². The minimum atomic E-state index is 1.10. The van der Waals surface area contributed by atoms with E-state index in [0.717, 1.165) is 89.7 Å². The lowest BCUT2D eigenvalue weighted by Gasteiger charge is -2.32. The molecule has 0 bridgehead atoms. The molecule has 0 fully saturated rings. The molecule has 440 valence electrons. The van der Waals surface area contributed by atoms with Gasteiger partial charge >= 0.3 is 0 Å². The lowest BCUT2D eigenvalue weighted by Crippen LogP contribution is -2.16. The predicted octanol–water partition coefficient (Wildman–Crippen LogP) is 24.5. The summed E-state index contributed by atoms with van der Waals surface area (Å²) in [5.41, 5.74) is 25.7. The Hall–Kier alpha value is -7.82. The van der Waals surface area contributed by atoms with Gasteiger partial charge in [0.05, 0.1) is 0 Å². The number of hydrogen-bond donors (Lipinski definition) is 0. The standard InChI is InChI=1S/C81H96N4/c1-10-16-22-64-28-40-70(41-29-64)83(71-42-30-65(31-43-71)23-17-11-2)79-55-52-76(58-61(79)7)82(77-53-56-80(62(8)59-77)84(72-44-32-66(33-45-72)24-18-12-3)73-46-34-67(35-47-73)25-19-13-4)78-54-57-81(63(9)60-78)85(74-48-36-68(37-49-74)26-20-14-5)75-50-38-69(39-51-75)27-21-15-6/h28-60H,10-27H2,1-9H3. The zero-order valence-corrected chi connectivity index (χ0v) is 53.1. The molecule has 0 aliphatic carbocycles. The Bertz CT molecular complexity index is 2940. The number of unbranched alkanes of at least 4 members (excludes halogenated alkanes) is 6. The lowest BCUT2D eigenvalue weighted by atomic mass is 10.0. The third kappa shape index (κ3) is 15.7. The van der Waals surface area contributed by atoms with E-state index in [2.05, 4.69) is 282 Å². The summed E-state index contributed by atoms with van der Waals surface area (Å²) in [7, 11) is 0. The first kappa shape index (κ1) is 61.7. The maximum atomic E-state index is 2.48. The van der Waals surface area contributed by atoms with Gasteiger partial charge in [0.25, 0.3) is 0 Å². The number of nitrogens with zero attached hydrogens (tertiary/aromatic N) is 4. The van der Waals surface area contributed by atoms with Crippen LogP contribution in [0.5, 0.6) is 0 Å². The number of benzene rings is 9. The van der Waals surface area contributed by atoms with E-state index in [-0.39, 0.29) is 0 Å². The monoisotopic (exact) mass is 1120 g/mol. The quantitative estimate of drug-likeness (QED) is 0.0445. The topological polar surface area (TPSA) is 13.0 Å². The van der Waals surface area contributed by atoms with Gasteiger partial charge in [-0.1, -0.05) is 153 Å². The minimum Gasteiger partial charge on any atom is -0.310 e. The highest BCUT2D eigenvalue weighted by molar-refractivity contribution is 5.87. The van der Waals surface area contributed by atoms with Crippen molar-refractivity contribution in [2.45, 2.75) is 178 Å². The van der Waals surface area contributed by atoms with Crippen molar-refractivity contribution in [3.05, 3.63) is 250 Å². The summed E-state index contributed by atoms with van der Waals surface area (Å²) in [6, 6.07) is 77.1. The molecule has 0 N–H and O–H groups in total. The Labute approximate surface area is 513 Å². The van der Waals surface area contributed by atoms with Crippen LogP contribution in [-0.2, 0) is 38.5 Å². The highest BCUT2D eigenvalue weighted by Gasteiger charge is 2.23. The molecule has 4 nitrogen and oxygen atoms in total. The molecule has 4 heteroatoms. The number of aryl methyl sites for hydroxylation is 9. The molecule has 0 unspecified atom stereocenters. The summed E-state index contributed by atoms with van der Waals surface area (Å²) in [4.78, 5) is 9.84. The Kier molecular flexibility index (Phi) is 22.4. The van der Waals surface area contributed by atoms with Crippen molar-refractivity contribution in [2.24, 2.45) is 0 Å². The van der Waals surface area contributed by atoms with E-state index >= 15 is 0 Å². The molecular formula is C81H96N4. The van der Waals surface area contributed by atoms with Crippen LogP contribution in [0.2, 0.25) is 0 Å². The Morgan fingerprint density at radius 2 is 0.365 bits per heavy atom. The summed E-state index contributed by atoms with van der Waals surface area (Å²) in [5, 5.41) is 0. The van der Waals surface area contributed by atoms with Crippen LogP contribution in [0.3, 0.4) is 0 Å². The van der Waals surface area contributed by atoms with Crippen molar-refractivity contribution in [1.82, 2.24) is 0 Å². The van der Waals surface area contributed by atoms with Crippen LogP contribution in [0, 0.1) is 20.8 Å². The molecule has 0 amide bonds. The van der Waals surface area contributed by atoms with Gasteiger partial charge in [-0.05, 0) is 275 Å². The molecular weight excluding hydrogens is 1030 g/mol. The second-order valence-electron chi connectivity index (χ2n) is 23.9. The number of anilines is 12. The summed E-state index contributed by atoms with van der Waals surface area (Å²) in [6.45, 7) is 20.5. The normalized spacial score (nSPS) is 11.3. The Morgan fingerprint density at radius 1 is 0.200 bits per heavy atom. The van der Waals surface area contributed by atoms with E-state index in [9.17, 15) is 0 Å². The Morgan fingerprint density at radius 3 is 0.518 bits per heavy atom. The van der Waals surface area contributed by atoms with Crippen LogP contribution in [0.4, 0.5) is 68.2 Å². The van der Waals surface area contributed by atoms with Crippen LogP contribution < -0.4 is 19.6 Å². The van der Waals surface area contributed by atoms with Crippen molar-refractivity contribution < 1.29 is 0 Å². The number of rotatable bonds is 30. The number of hydrogen-bond acceptors (Lipinski definition) is 4. The second kappa shape index (κ2) is 30.8. The van der Waals surface area contributed by atoms with Gasteiger partial charge in [0.15, 0.2) is 0 Å². The highest BCUT2D eigenvalue weighted by Crippen LogP contribution is 2.46. The fraction of sp³-hybridized carbons (Fsp3) is 0.333. The highest BCUT2D eigenvalue weighted by atomic mass is 15.2. The zero-order chi connectivity index (χ0) is 59.5. The third-order valence-corrected chi connectivity index (χ3v) is 17.1. The van der Waals surface area contributed by atoms with E-state index in [1.807, 2.05) is 0 Å². The fourth-order valence-electron chi connectivity index (χ4n) is 12.0. The maximum Gasteiger partial charge on any atom is 0.0492 e. The first-order chi connectivity index (χ1) is 41.6. The van der Waals surface area contributed by atoms with Crippen LogP contribution in [0.1, 0.15) is 169 Å². The molecule has 0 saturated heterocycles. The molecule has 0 radical (unpaired) electrons. The van der Waals surface area contributed by atoms with Gasteiger partial charge in [0, 0.05) is 68.2 Å². The van der Waals surface area contributed by atoms with Gasteiger partial charge in [-0.2, -0.15) is 0 Å². The van der Waals surface area contributed by atoms with Crippen LogP contribution in [0.25, 0.3) is 0 Å². The van der Waals surface area contributed by atoms with Crippen LogP contribution in [-0.4, -0.2) is 0 Å². The van der Waals surface area contributed by atoms with Gasteiger partial charge in [-0.25, -0.2) is 0 Å². The predicted molar refractivity (Wildman–Crippen MR) is 371 cm³/mol. The largest absolute Gasteiger partial charge is 0.310 e. The minimum absolute atomic E-state index is 1.10. The van der Waals surface area contributed by atoms with Crippen molar-refractivity contribution >= 4 is 68.2 Å². The molecule has 0 spiro atoms. The zero-order valence-electron chi connectivity index (χ0n) is 53.1. The first-order valence-corrected chi connectivity index (χ1v) is 32.7. The molecule has 9 aromatic carbocycles. The molecule has 85 heavy (non-hydrogen) atoms. The van der Waals surface area contributed by atoms with Crippen molar-refractivity contribution in [1.29, 1.82) is 0 Å². The summed E-state index contributed by atoms with van der Waals surface area (Å²) >= 11 is 0. The van der Waals surface area contributed by atoms with Gasteiger partial charge in [-0.15, -0.1) is 0 Å². The first-order valence-electron chi connectivity index (χ1n) is 32.7. The van der Waals surface area contributed by atoms with Gasteiger partial charge in [-0.3, -0.25) is 0 Å². The van der Waals surface area contributed by atoms with E-state index in [1.54, 1.807) is 0 Å². The van der Waals surface area contributed by atoms with E-state index in [1.165, 1.54) is 144 Å². The van der Waals surface area contributed by atoms with Gasteiger partial charge in [0.2, 0.25) is 0 Å². The smallest absolute Gasteiger partial charge is 0.0492 e. The van der Waals surface area contributed by atoms with E-state index in [4.69, 9.17) is 0 Å². The van der Waals surface area contributed by atoms with Gasteiger partial charge < -0.3 is 19.6 Å². The third-order valence-electron chi connectivity index (χ3n) is 17.1. The fourth-order valence-corrected chi connectivity index (χ4v) is 12.0. The molecule has 0 aliphatic heterocycles. The molecule has 0 aliphatic rings. The van der Waals surface area contributed by atoms with Crippen molar-refractivity contribution in [3.8, 4) is 0 Å². The summed E-state index contributed by atoms with van der Waals surface area (Å²) < 4.78 is 0. The lowest BCUT2D eigenvalue weighted by molar-refractivity contribution is 0.795. The molecule has 9 aromatic rings. The average molecular weight is 1130 g/mol. The van der Waals surface area contributed by atoms with Crippen LogP contribution in [0.15, 0.2) is 200 Å². The van der Waals surface area contributed by atoms with Crippen LogP contribution >= 0.6 is 0 Å². The maximum absolute atomic E-state index is 2.48. The molecule has 9 rings (SSSR count). The van der Waals surface area contributed by atoms with Gasteiger partial charge in [0.1, 0.15) is 0 Å².